The maximum atomic E-state index is 13.6. The molecule has 0 saturated carbocycles. The average Bonchev–Trinajstić information content (AvgIpc) is 3.58. The van der Waals surface area contributed by atoms with E-state index in [2.05, 4.69) is 20.9 Å². The van der Waals surface area contributed by atoms with E-state index in [9.17, 15) is 24.0 Å². The molecule has 16 nitrogen and oxygen atoms in total. The number of hydrogen-bond acceptors (Lipinski definition) is 15. The average molecular weight is 666 g/mol. The lowest BCUT2D eigenvalue weighted by molar-refractivity contribution is -0.200. The van der Waals surface area contributed by atoms with Crippen molar-refractivity contribution in [3.63, 3.8) is 0 Å². The van der Waals surface area contributed by atoms with Gasteiger partial charge in [0.15, 0.2) is 29.3 Å². The zero-order valence-corrected chi connectivity index (χ0v) is 27.0. The van der Waals surface area contributed by atoms with E-state index in [0.29, 0.717) is 5.56 Å². The Balaban J connectivity index is 1.87. The van der Waals surface area contributed by atoms with Crippen LogP contribution in [0.2, 0.25) is 0 Å². The molecule has 0 radical (unpaired) electrons. The van der Waals surface area contributed by atoms with Crippen molar-refractivity contribution in [3.05, 3.63) is 48.0 Å². The van der Waals surface area contributed by atoms with Gasteiger partial charge in [0.25, 0.3) is 5.60 Å². The van der Waals surface area contributed by atoms with Gasteiger partial charge in [0.2, 0.25) is 11.7 Å². The fraction of sp³-hybridized carbons (Fsp3) is 0.438. The standard InChI is InChI=1S/C32H35N5O11/c1-7-31(48-20(6)40)22(16-45-32(29(41)43-8-2,30(42)44-9-3)15-21-13-11-10-12-14-21)47-28(24(31)46-19(5)39)37-17-34-23-25(33)35-26(18(4)38)36-27(23)37/h1,10-14,17,22,24,28H,8-9,15-16H2,2-6H3,(H2,33,35,36)/t22-,24+,28-,31-/m1/s1. The summed E-state index contributed by atoms with van der Waals surface area (Å²) in [5.41, 5.74) is 2.07. The van der Waals surface area contributed by atoms with E-state index in [4.69, 9.17) is 40.6 Å². The molecular formula is C32H35N5O11. The van der Waals surface area contributed by atoms with Crippen molar-refractivity contribution in [2.24, 2.45) is 0 Å². The molecule has 0 aliphatic carbocycles. The number of aromatic nitrogens is 4. The second kappa shape index (κ2) is 14.6. The number of imidazole rings is 1. The summed E-state index contributed by atoms with van der Waals surface area (Å²) < 4.78 is 35.6. The number of carbonyl (C=O) groups is 5. The van der Waals surface area contributed by atoms with E-state index in [-0.39, 0.29) is 42.4 Å². The van der Waals surface area contributed by atoms with E-state index < -0.39 is 65.9 Å². The van der Waals surface area contributed by atoms with Crippen LogP contribution in [0, 0.1) is 12.3 Å². The van der Waals surface area contributed by atoms with Crippen molar-refractivity contribution in [1.29, 1.82) is 0 Å². The predicted molar refractivity (Wildman–Crippen MR) is 165 cm³/mol. The first kappa shape index (κ1) is 35.5. The summed E-state index contributed by atoms with van der Waals surface area (Å²) in [7, 11) is 0. The minimum absolute atomic E-state index is 0.00152. The SMILES string of the molecule is C#C[C@@]1(OC(C)=O)[C@@H](COC(Cc2ccccc2)(C(=O)OCC)C(=O)OCC)O[C@@H](n2cnc3c(N)nc(C(C)=O)nc32)[C@@H]1OC(C)=O. The maximum Gasteiger partial charge on any atom is 0.350 e. The van der Waals surface area contributed by atoms with Gasteiger partial charge >= 0.3 is 23.9 Å². The van der Waals surface area contributed by atoms with Crippen LogP contribution in [-0.4, -0.2) is 92.4 Å². The molecule has 1 aliphatic heterocycles. The molecule has 1 aliphatic rings. The molecule has 2 N–H and O–H groups in total. The summed E-state index contributed by atoms with van der Waals surface area (Å²) in [6, 6.07) is 8.51. The first-order valence-corrected chi connectivity index (χ1v) is 14.9. The fourth-order valence-corrected chi connectivity index (χ4v) is 5.28. The number of fused-ring (bicyclic) bond motifs is 1. The molecule has 0 bridgehead atoms. The number of nitrogens with zero attached hydrogens (tertiary/aromatic N) is 4. The lowest BCUT2D eigenvalue weighted by atomic mass is 9.91. The number of nitrogens with two attached hydrogens (primary N) is 1. The minimum atomic E-state index is -2.37. The van der Waals surface area contributed by atoms with Gasteiger partial charge in [-0.3, -0.25) is 19.0 Å². The highest BCUT2D eigenvalue weighted by atomic mass is 16.7. The van der Waals surface area contributed by atoms with Crippen LogP contribution in [0.15, 0.2) is 36.7 Å². The first-order valence-electron chi connectivity index (χ1n) is 14.9. The Morgan fingerprint density at radius 2 is 1.67 bits per heavy atom. The van der Waals surface area contributed by atoms with Crippen LogP contribution in [0.1, 0.15) is 57.0 Å². The summed E-state index contributed by atoms with van der Waals surface area (Å²) in [4.78, 5) is 76.8. The molecule has 0 amide bonds. The zero-order valence-electron chi connectivity index (χ0n) is 27.0. The maximum absolute atomic E-state index is 13.6. The number of rotatable bonds is 13. The molecule has 2 aromatic heterocycles. The van der Waals surface area contributed by atoms with Crippen LogP contribution in [-0.2, 0) is 54.0 Å². The molecule has 1 saturated heterocycles. The third-order valence-corrected chi connectivity index (χ3v) is 7.32. The zero-order chi connectivity index (χ0) is 35.2. The third kappa shape index (κ3) is 6.82. The smallest absolute Gasteiger partial charge is 0.350 e. The molecule has 4 atom stereocenters. The Bertz CT molecular complexity index is 1730. The van der Waals surface area contributed by atoms with Gasteiger partial charge < -0.3 is 34.2 Å². The number of carbonyl (C=O) groups excluding carboxylic acids is 5. The number of ether oxygens (including phenoxy) is 6. The van der Waals surface area contributed by atoms with Gasteiger partial charge in [-0.15, -0.1) is 6.42 Å². The van der Waals surface area contributed by atoms with E-state index in [1.54, 1.807) is 44.2 Å². The van der Waals surface area contributed by atoms with Gasteiger partial charge in [-0.2, -0.15) is 0 Å². The molecule has 1 aromatic carbocycles. The highest BCUT2D eigenvalue weighted by molar-refractivity contribution is 6.04. The van der Waals surface area contributed by atoms with Crippen LogP contribution in [0.4, 0.5) is 5.82 Å². The number of ketones is 1. The summed E-state index contributed by atoms with van der Waals surface area (Å²) in [5.74, 6) is -2.29. The largest absolute Gasteiger partial charge is 0.463 e. The summed E-state index contributed by atoms with van der Waals surface area (Å²) in [5, 5.41) is 0. The first-order chi connectivity index (χ1) is 22.8. The number of nitrogen functional groups attached to an aromatic ring is 1. The van der Waals surface area contributed by atoms with Gasteiger partial charge in [0, 0.05) is 27.2 Å². The highest BCUT2D eigenvalue weighted by Crippen LogP contribution is 2.44. The number of Topliss-reactive ketones (excluding diaryl/α,β-unsaturated/α-hetero) is 1. The van der Waals surface area contributed by atoms with Crippen molar-refractivity contribution in [3.8, 4) is 12.3 Å². The molecule has 16 heteroatoms. The van der Waals surface area contributed by atoms with Crippen molar-refractivity contribution in [2.45, 2.75) is 70.7 Å². The number of hydrogen-bond donors (Lipinski definition) is 1. The van der Waals surface area contributed by atoms with E-state index >= 15 is 0 Å². The predicted octanol–water partition coefficient (Wildman–Crippen LogP) is 1.50. The van der Waals surface area contributed by atoms with Crippen LogP contribution >= 0.6 is 0 Å². The molecule has 3 heterocycles. The molecule has 48 heavy (non-hydrogen) atoms. The van der Waals surface area contributed by atoms with Crippen molar-refractivity contribution < 1.29 is 52.4 Å². The van der Waals surface area contributed by atoms with Crippen LogP contribution < -0.4 is 5.73 Å². The lowest BCUT2D eigenvalue weighted by Crippen LogP contribution is -2.57. The van der Waals surface area contributed by atoms with Gasteiger partial charge in [-0.25, -0.2) is 24.5 Å². The topological polar surface area (TPSA) is 210 Å². The van der Waals surface area contributed by atoms with Gasteiger partial charge in [-0.1, -0.05) is 36.3 Å². The molecule has 1 fully saturated rings. The number of anilines is 1. The lowest BCUT2D eigenvalue weighted by Gasteiger charge is -2.34. The molecule has 4 rings (SSSR count). The summed E-state index contributed by atoms with van der Waals surface area (Å²) in [6.45, 7) is 5.62. The van der Waals surface area contributed by atoms with Crippen LogP contribution in [0.25, 0.3) is 11.2 Å². The Morgan fingerprint density at radius 1 is 1.02 bits per heavy atom. The Labute approximate surface area is 275 Å². The van der Waals surface area contributed by atoms with Gasteiger partial charge in [0.1, 0.15) is 11.6 Å². The van der Waals surface area contributed by atoms with Gasteiger partial charge in [-0.05, 0) is 19.4 Å². The molecule has 254 valence electrons. The monoisotopic (exact) mass is 665 g/mol. The molecule has 0 spiro atoms. The molecule has 0 unspecified atom stereocenters. The highest BCUT2D eigenvalue weighted by Gasteiger charge is 2.63. The van der Waals surface area contributed by atoms with E-state index in [0.717, 1.165) is 13.8 Å². The molecular weight excluding hydrogens is 630 g/mol. The number of benzene rings is 1. The van der Waals surface area contributed by atoms with Crippen molar-refractivity contribution >= 4 is 46.6 Å². The normalized spacial score (nSPS) is 20.5. The van der Waals surface area contributed by atoms with E-state index in [1.165, 1.54) is 17.8 Å². The summed E-state index contributed by atoms with van der Waals surface area (Å²) in [6.07, 6.45) is 2.41. The van der Waals surface area contributed by atoms with E-state index in [1.807, 2.05) is 0 Å². The van der Waals surface area contributed by atoms with Gasteiger partial charge in [0.05, 0.1) is 26.1 Å². The second-order valence-electron chi connectivity index (χ2n) is 10.6. The minimum Gasteiger partial charge on any atom is -0.463 e. The fourth-order valence-electron chi connectivity index (χ4n) is 5.28. The summed E-state index contributed by atoms with van der Waals surface area (Å²) >= 11 is 0. The quantitative estimate of drug-likeness (QED) is 0.0901. The van der Waals surface area contributed by atoms with Crippen molar-refractivity contribution in [2.75, 3.05) is 25.6 Å². The third-order valence-electron chi connectivity index (χ3n) is 7.32. The molecule has 3 aromatic rings. The van der Waals surface area contributed by atoms with Crippen LogP contribution in [0.5, 0.6) is 0 Å². The Kier molecular flexibility index (Phi) is 10.8. The van der Waals surface area contributed by atoms with Crippen molar-refractivity contribution in [1.82, 2.24) is 19.5 Å². The number of terminal acetylenes is 1. The second-order valence-corrected chi connectivity index (χ2v) is 10.6. The Hall–Kier alpha value is -5.40. The Morgan fingerprint density at radius 3 is 2.21 bits per heavy atom. The van der Waals surface area contributed by atoms with Crippen LogP contribution in [0.3, 0.4) is 0 Å². The number of esters is 4.